The van der Waals surface area contributed by atoms with Crippen LogP contribution in [-0.2, 0) is 19.4 Å². The molecule has 0 atom stereocenters. The fraction of sp³-hybridized carbons (Fsp3) is 0.522. The lowest BCUT2D eigenvalue weighted by Crippen LogP contribution is -2.51. The van der Waals surface area contributed by atoms with Crippen molar-refractivity contribution in [1.29, 1.82) is 0 Å². The first kappa shape index (κ1) is 26.6. The zero-order valence-electron chi connectivity index (χ0n) is 18.9. The van der Waals surface area contributed by atoms with Gasteiger partial charge in [0.2, 0.25) is 9.84 Å². The van der Waals surface area contributed by atoms with E-state index in [0.29, 0.717) is 10.4 Å². The van der Waals surface area contributed by atoms with Gasteiger partial charge in [-0.1, -0.05) is 20.8 Å². The molecule has 0 unspecified atom stereocenters. The van der Waals surface area contributed by atoms with Crippen LogP contribution in [0, 0.1) is 5.41 Å². The molecule has 1 aliphatic rings. The first-order chi connectivity index (χ1) is 15.7. The Hall–Kier alpha value is -1.98. The molecule has 0 radical (unpaired) electrons. The minimum Gasteiger partial charge on any atom is -0.428 e. The number of Topliss-reactive ketones (excluding diaryl/α,β-unsaturated/α-hetero) is 1. The smallest absolute Gasteiger partial charge is 0.428 e. The number of sulfone groups is 1. The second kappa shape index (κ2) is 9.58. The number of carbonyl (C=O) groups excluding carboxylic acids is 1. The molecule has 1 aromatic carbocycles. The molecular formula is C23H26F4O5S2. The number of ether oxygens (including phenoxy) is 2. The van der Waals surface area contributed by atoms with E-state index < -0.39 is 32.9 Å². The van der Waals surface area contributed by atoms with E-state index in [9.17, 15) is 30.8 Å². The Labute approximate surface area is 200 Å². The van der Waals surface area contributed by atoms with E-state index in [-0.39, 0.29) is 47.9 Å². The van der Waals surface area contributed by atoms with E-state index in [1.807, 2.05) is 20.8 Å². The quantitative estimate of drug-likeness (QED) is 0.399. The number of carbonyl (C=O) groups is 1. The molecule has 1 aliphatic heterocycles. The van der Waals surface area contributed by atoms with Gasteiger partial charge in [-0.25, -0.2) is 8.42 Å². The zero-order valence-corrected chi connectivity index (χ0v) is 20.6. The highest BCUT2D eigenvalue weighted by Gasteiger charge is 2.52. The molecule has 1 saturated heterocycles. The van der Waals surface area contributed by atoms with Crippen LogP contribution in [0.1, 0.15) is 40.0 Å². The van der Waals surface area contributed by atoms with Crippen LogP contribution in [0.5, 0.6) is 5.75 Å². The maximum absolute atomic E-state index is 13.7. The van der Waals surface area contributed by atoms with Gasteiger partial charge in [-0.05, 0) is 60.2 Å². The number of benzene rings is 1. The maximum atomic E-state index is 13.7. The molecule has 0 spiro atoms. The Morgan fingerprint density at radius 3 is 2.21 bits per heavy atom. The predicted molar refractivity (Wildman–Crippen MR) is 120 cm³/mol. The van der Waals surface area contributed by atoms with Crippen molar-refractivity contribution in [1.82, 2.24) is 0 Å². The molecule has 0 saturated carbocycles. The van der Waals surface area contributed by atoms with Crippen LogP contribution in [0.4, 0.5) is 17.6 Å². The summed E-state index contributed by atoms with van der Waals surface area (Å²) in [5.74, 6) is -0.785. The molecule has 2 aromatic rings. The number of hydrogen-bond donors (Lipinski definition) is 0. The lowest BCUT2D eigenvalue weighted by Gasteiger charge is -2.36. The van der Waals surface area contributed by atoms with Crippen LogP contribution in [0.15, 0.2) is 40.6 Å². The number of halogens is 4. The number of hydrogen-bond acceptors (Lipinski definition) is 6. The van der Waals surface area contributed by atoms with Gasteiger partial charge in [0.1, 0.15) is 14.7 Å². The molecule has 34 heavy (non-hydrogen) atoms. The van der Waals surface area contributed by atoms with Crippen molar-refractivity contribution in [3.63, 3.8) is 0 Å². The van der Waals surface area contributed by atoms with Crippen molar-refractivity contribution in [2.75, 3.05) is 13.2 Å². The Morgan fingerprint density at radius 2 is 1.68 bits per heavy atom. The van der Waals surface area contributed by atoms with Gasteiger partial charge < -0.3 is 9.47 Å². The summed E-state index contributed by atoms with van der Waals surface area (Å²) in [6, 6.07) is 7.93. The first-order valence-electron chi connectivity index (χ1n) is 10.6. The van der Waals surface area contributed by atoms with Crippen molar-refractivity contribution >= 4 is 27.0 Å². The summed E-state index contributed by atoms with van der Waals surface area (Å²) in [7, 11) is -4.04. The molecule has 5 nitrogen and oxygen atoms in total. The molecule has 11 heteroatoms. The third-order valence-electron chi connectivity index (χ3n) is 5.51. The molecule has 0 amide bonds. The average Bonchev–Trinajstić information content (AvgIpc) is 3.24. The largest absolute Gasteiger partial charge is 0.461 e. The Morgan fingerprint density at radius 1 is 1.09 bits per heavy atom. The second-order valence-electron chi connectivity index (χ2n) is 9.38. The van der Waals surface area contributed by atoms with E-state index in [4.69, 9.17) is 4.74 Å². The third kappa shape index (κ3) is 5.46. The summed E-state index contributed by atoms with van der Waals surface area (Å²) >= 11 is 0.954. The normalized spacial score (nSPS) is 17.1. The molecule has 3 rings (SSSR count). The van der Waals surface area contributed by atoms with Crippen LogP contribution >= 0.6 is 11.3 Å². The summed E-state index contributed by atoms with van der Waals surface area (Å²) in [4.78, 5) is 13.8. The van der Waals surface area contributed by atoms with Crippen molar-refractivity contribution in [3.05, 3.63) is 36.4 Å². The maximum Gasteiger partial charge on any atom is 0.461 e. The minimum absolute atomic E-state index is 0.0243. The predicted octanol–water partition coefficient (Wildman–Crippen LogP) is 5.98. The summed E-state index contributed by atoms with van der Waals surface area (Å²) in [5, 5.41) is 0. The third-order valence-corrected chi connectivity index (χ3v) is 9.67. The van der Waals surface area contributed by atoms with Gasteiger partial charge in [-0.3, -0.25) is 4.79 Å². The highest BCUT2D eigenvalue weighted by Crippen LogP contribution is 2.42. The average molecular weight is 523 g/mol. The lowest BCUT2D eigenvalue weighted by molar-refractivity contribution is -0.253. The van der Waals surface area contributed by atoms with Gasteiger partial charge in [-0.2, -0.15) is 17.6 Å². The zero-order chi connectivity index (χ0) is 25.4. The Kier molecular flexibility index (Phi) is 7.50. The van der Waals surface area contributed by atoms with E-state index in [1.165, 1.54) is 18.2 Å². The van der Waals surface area contributed by atoms with Gasteiger partial charge in [0.25, 0.3) is 0 Å². The van der Waals surface area contributed by atoms with Crippen LogP contribution in [-0.4, -0.2) is 44.7 Å². The van der Waals surface area contributed by atoms with Crippen molar-refractivity contribution in [2.24, 2.45) is 5.41 Å². The molecular weight excluding hydrogens is 496 g/mol. The van der Waals surface area contributed by atoms with Crippen LogP contribution in [0.25, 0.3) is 10.4 Å². The summed E-state index contributed by atoms with van der Waals surface area (Å²) in [5.41, 5.74) is 0.102. The van der Waals surface area contributed by atoms with Crippen molar-refractivity contribution < 1.29 is 40.2 Å². The molecule has 0 bridgehead atoms. The van der Waals surface area contributed by atoms with E-state index in [2.05, 4.69) is 4.74 Å². The number of rotatable bonds is 8. The van der Waals surface area contributed by atoms with Crippen LogP contribution in [0.3, 0.4) is 0 Å². The Balaban J connectivity index is 1.89. The minimum atomic E-state index is -4.62. The van der Waals surface area contributed by atoms with Crippen molar-refractivity contribution in [2.45, 2.75) is 61.5 Å². The fourth-order valence-corrected chi connectivity index (χ4v) is 7.38. The summed E-state index contributed by atoms with van der Waals surface area (Å²) < 4.78 is 86.1. The molecule has 0 N–H and O–H groups in total. The monoisotopic (exact) mass is 522 g/mol. The van der Waals surface area contributed by atoms with E-state index in [0.717, 1.165) is 23.5 Å². The molecule has 1 aromatic heterocycles. The number of thiophene rings is 1. The molecule has 1 fully saturated rings. The second-order valence-corrected chi connectivity index (χ2v) is 12.9. The number of alkyl halides is 4. The van der Waals surface area contributed by atoms with E-state index >= 15 is 0 Å². The topological polar surface area (TPSA) is 69.7 Å². The van der Waals surface area contributed by atoms with Gasteiger partial charge in [0.05, 0.1) is 0 Å². The Bertz CT molecular complexity index is 1110. The first-order valence-corrected chi connectivity index (χ1v) is 12.9. The fourth-order valence-electron chi connectivity index (χ4n) is 3.74. The molecule has 0 aliphatic carbocycles. The highest BCUT2D eigenvalue weighted by molar-refractivity contribution is 7.95. The molecule has 2 heterocycles. The number of ketones is 1. The summed E-state index contributed by atoms with van der Waals surface area (Å²) in [6.45, 7) is 5.95. The van der Waals surface area contributed by atoms with Crippen LogP contribution in [0.2, 0.25) is 0 Å². The summed E-state index contributed by atoms with van der Waals surface area (Å²) in [6.07, 6.45) is -8.35. The highest BCUT2D eigenvalue weighted by atomic mass is 32.2. The van der Waals surface area contributed by atoms with E-state index in [1.54, 1.807) is 6.07 Å². The van der Waals surface area contributed by atoms with Crippen molar-refractivity contribution in [3.8, 4) is 16.2 Å². The van der Waals surface area contributed by atoms with Gasteiger partial charge in [0.15, 0.2) is 5.78 Å². The van der Waals surface area contributed by atoms with Crippen LogP contribution < -0.4 is 4.74 Å². The standard InChI is InChI=1S/C23H26F4O5S2/c1-21(2,3)14-18(28)22(10-12-31-13-11-22)34(29,30)19-9-8-17(33-19)15-4-6-16(7-5-15)32-23(26,27)20(24)25/h4-9,20H,10-14H2,1-3H3. The van der Waals surface area contributed by atoms with Gasteiger partial charge >= 0.3 is 12.5 Å². The van der Waals surface area contributed by atoms with Gasteiger partial charge in [-0.15, -0.1) is 11.3 Å². The molecule has 188 valence electrons. The lowest BCUT2D eigenvalue weighted by atomic mass is 9.82. The SMILES string of the molecule is CC(C)(C)CC(=O)C1(S(=O)(=O)c2ccc(-c3ccc(OC(F)(F)C(F)F)cc3)s2)CCOCC1. The van der Waals surface area contributed by atoms with Gasteiger partial charge in [0, 0.05) is 24.5 Å².